The number of hydrogen-bond acceptors (Lipinski definition) is 5. The molecule has 0 saturated heterocycles. The third-order valence-electron chi connectivity index (χ3n) is 4.71. The summed E-state index contributed by atoms with van der Waals surface area (Å²) in [5, 5.41) is 4.30. The molecule has 0 spiro atoms. The van der Waals surface area contributed by atoms with Gasteiger partial charge in [-0.25, -0.2) is 9.78 Å². The van der Waals surface area contributed by atoms with Crippen LogP contribution in [-0.2, 0) is 22.6 Å². The van der Waals surface area contributed by atoms with E-state index in [1.807, 2.05) is 22.6 Å². The van der Waals surface area contributed by atoms with Crippen molar-refractivity contribution in [2.45, 2.75) is 52.2 Å². The number of amides is 1. The van der Waals surface area contributed by atoms with Gasteiger partial charge in [-0.1, -0.05) is 13.8 Å². The Hall–Kier alpha value is -2.64. The molecule has 0 fully saturated rings. The molecular formula is C18H25N5O3. The average Bonchev–Trinajstić information content (AvgIpc) is 3.22. The van der Waals surface area contributed by atoms with Crippen molar-refractivity contribution in [3.8, 4) is 0 Å². The van der Waals surface area contributed by atoms with Gasteiger partial charge in [0.1, 0.15) is 11.9 Å². The molecule has 1 aliphatic rings. The van der Waals surface area contributed by atoms with Crippen molar-refractivity contribution >= 4 is 11.9 Å². The van der Waals surface area contributed by atoms with Crippen molar-refractivity contribution in [1.29, 1.82) is 0 Å². The molecule has 0 aliphatic carbocycles. The third-order valence-corrected chi connectivity index (χ3v) is 4.71. The molecule has 2 aromatic heterocycles. The number of hydrogen-bond donors (Lipinski definition) is 0. The first-order chi connectivity index (χ1) is 12.4. The second-order valence-corrected chi connectivity index (χ2v) is 6.87. The first kappa shape index (κ1) is 18.2. The lowest BCUT2D eigenvalue weighted by Gasteiger charge is -2.26. The van der Waals surface area contributed by atoms with Crippen molar-refractivity contribution in [3.63, 3.8) is 0 Å². The topological polar surface area (TPSA) is 82.3 Å². The summed E-state index contributed by atoms with van der Waals surface area (Å²) < 4.78 is 8.47. The number of carbonyl (C=O) groups excluding carboxylic acids is 2. The summed E-state index contributed by atoms with van der Waals surface area (Å²) in [6, 6.07) is 1.38. The lowest BCUT2D eigenvalue weighted by Crippen LogP contribution is -2.36. The van der Waals surface area contributed by atoms with E-state index in [9.17, 15) is 9.59 Å². The van der Waals surface area contributed by atoms with Gasteiger partial charge in [0.15, 0.2) is 5.69 Å². The minimum atomic E-state index is -0.461. The van der Waals surface area contributed by atoms with Gasteiger partial charge in [0.25, 0.3) is 0 Å². The monoisotopic (exact) mass is 359 g/mol. The molecule has 1 aliphatic heterocycles. The van der Waals surface area contributed by atoms with Crippen LogP contribution >= 0.6 is 0 Å². The van der Waals surface area contributed by atoms with E-state index in [0.717, 1.165) is 17.9 Å². The van der Waals surface area contributed by atoms with Gasteiger partial charge in [-0.15, -0.1) is 0 Å². The van der Waals surface area contributed by atoms with Gasteiger partial charge in [0.2, 0.25) is 5.91 Å². The van der Waals surface area contributed by atoms with E-state index in [2.05, 4.69) is 23.9 Å². The second kappa shape index (κ2) is 7.31. The number of esters is 1. The molecule has 2 aromatic rings. The number of aromatic nitrogens is 4. The number of methoxy groups -OCH3 is 1. The van der Waals surface area contributed by atoms with Crippen molar-refractivity contribution in [3.05, 3.63) is 35.7 Å². The quantitative estimate of drug-likeness (QED) is 0.780. The van der Waals surface area contributed by atoms with Crippen LogP contribution in [0.3, 0.4) is 0 Å². The zero-order chi connectivity index (χ0) is 18.8. The number of aryl methyl sites for hydroxylation is 1. The fourth-order valence-electron chi connectivity index (χ4n) is 3.34. The van der Waals surface area contributed by atoms with Crippen LogP contribution in [0.2, 0.25) is 0 Å². The summed E-state index contributed by atoms with van der Waals surface area (Å²) in [5.41, 5.74) is 1.12. The first-order valence-electron chi connectivity index (χ1n) is 8.89. The second-order valence-electron chi connectivity index (χ2n) is 6.87. The van der Waals surface area contributed by atoms with Gasteiger partial charge >= 0.3 is 5.97 Å². The Balaban J connectivity index is 1.80. The highest BCUT2D eigenvalue weighted by molar-refractivity contribution is 5.87. The van der Waals surface area contributed by atoms with Crippen molar-refractivity contribution in [2.75, 3.05) is 13.7 Å². The molecule has 8 heteroatoms. The molecular weight excluding hydrogens is 334 g/mol. The Kier molecular flexibility index (Phi) is 5.11. The minimum Gasteiger partial charge on any atom is -0.464 e. The predicted octanol–water partition coefficient (Wildman–Crippen LogP) is 1.98. The maximum Gasteiger partial charge on any atom is 0.358 e. The van der Waals surface area contributed by atoms with Crippen molar-refractivity contribution in [1.82, 2.24) is 24.2 Å². The molecule has 1 atom stereocenters. The standard InChI is InChI=1S/C18H25N5O3/c1-12(2)16-19-6-9-22(16)13(3)17(24)21-7-5-8-23-14(11-21)10-15(20-23)18(25)26-4/h6,9-10,12-13H,5,7-8,11H2,1-4H3/t13-/m1/s1. The van der Waals surface area contributed by atoms with Crippen LogP contribution in [0.5, 0.6) is 0 Å². The SMILES string of the molecule is COC(=O)c1cc2n(n1)CCCN(C(=O)[C@@H](C)n1ccnc1C(C)C)C2. The fraction of sp³-hybridized carbons (Fsp3) is 0.556. The van der Waals surface area contributed by atoms with Crippen LogP contribution in [-0.4, -0.2) is 49.8 Å². The molecule has 8 nitrogen and oxygen atoms in total. The lowest BCUT2D eigenvalue weighted by molar-refractivity contribution is -0.135. The van der Waals surface area contributed by atoms with E-state index in [4.69, 9.17) is 4.74 Å². The summed E-state index contributed by atoms with van der Waals surface area (Å²) >= 11 is 0. The fourth-order valence-corrected chi connectivity index (χ4v) is 3.34. The number of carbonyl (C=O) groups is 2. The third kappa shape index (κ3) is 3.36. The van der Waals surface area contributed by atoms with Crippen LogP contribution in [0.15, 0.2) is 18.5 Å². The van der Waals surface area contributed by atoms with Gasteiger partial charge in [0, 0.05) is 31.4 Å². The normalized spacial score (nSPS) is 15.5. The molecule has 3 heterocycles. The van der Waals surface area contributed by atoms with E-state index in [-0.39, 0.29) is 23.6 Å². The summed E-state index contributed by atoms with van der Waals surface area (Å²) in [4.78, 5) is 31.0. The van der Waals surface area contributed by atoms with Crippen LogP contribution < -0.4 is 0 Å². The van der Waals surface area contributed by atoms with Crippen LogP contribution in [0.25, 0.3) is 0 Å². The van der Waals surface area contributed by atoms with Gasteiger partial charge in [0.05, 0.1) is 19.3 Å². The summed E-state index contributed by atoms with van der Waals surface area (Å²) in [6.45, 7) is 7.79. The van der Waals surface area contributed by atoms with Crippen LogP contribution in [0.4, 0.5) is 0 Å². The number of fused-ring (bicyclic) bond motifs is 1. The highest BCUT2D eigenvalue weighted by Gasteiger charge is 2.27. The molecule has 3 rings (SSSR count). The summed E-state index contributed by atoms with van der Waals surface area (Å²) in [6.07, 6.45) is 4.38. The first-order valence-corrected chi connectivity index (χ1v) is 8.89. The number of imidazole rings is 1. The largest absolute Gasteiger partial charge is 0.464 e. The van der Waals surface area contributed by atoms with Crippen molar-refractivity contribution in [2.24, 2.45) is 0 Å². The number of nitrogens with zero attached hydrogens (tertiary/aromatic N) is 5. The van der Waals surface area contributed by atoms with E-state index < -0.39 is 5.97 Å². The van der Waals surface area contributed by atoms with Gasteiger partial charge in [-0.05, 0) is 19.4 Å². The zero-order valence-corrected chi connectivity index (χ0v) is 15.7. The van der Waals surface area contributed by atoms with Crippen LogP contribution in [0, 0.1) is 0 Å². The molecule has 1 amide bonds. The van der Waals surface area contributed by atoms with Crippen LogP contribution in [0.1, 0.15) is 61.2 Å². The number of rotatable bonds is 4. The molecule has 26 heavy (non-hydrogen) atoms. The van der Waals surface area contributed by atoms with E-state index in [0.29, 0.717) is 19.6 Å². The highest BCUT2D eigenvalue weighted by atomic mass is 16.5. The lowest BCUT2D eigenvalue weighted by atomic mass is 10.2. The van der Waals surface area contributed by atoms with E-state index in [1.165, 1.54) is 7.11 Å². The molecule has 0 unspecified atom stereocenters. The summed E-state index contributed by atoms with van der Waals surface area (Å²) in [5.74, 6) is 0.725. The van der Waals surface area contributed by atoms with Gasteiger partial charge in [-0.3, -0.25) is 9.48 Å². The van der Waals surface area contributed by atoms with E-state index >= 15 is 0 Å². The molecule has 0 saturated carbocycles. The molecule has 0 aromatic carbocycles. The number of ether oxygens (including phenoxy) is 1. The molecule has 0 radical (unpaired) electrons. The molecule has 0 bridgehead atoms. The molecule has 0 N–H and O–H groups in total. The maximum atomic E-state index is 13.1. The Bertz CT molecular complexity index is 808. The predicted molar refractivity (Wildman–Crippen MR) is 94.6 cm³/mol. The molecule has 140 valence electrons. The Labute approximate surface area is 152 Å². The highest BCUT2D eigenvalue weighted by Crippen LogP contribution is 2.21. The van der Waals surface area contributed by atoms with E-state index in [1.54, 1.807) is 16.9 Å². The Morgan fingerprint density at radius 3 is 2.69 bits per heavy atom. The van der Waals surface area contributed by atoms with Crippen molar-refractivity contribution < 1.29 is 14.3 Å². The smallest absolute Gasteiger partial charge is 0.358 e. The Morgan fingerprint density at radius 1 is 1.23 bits per heavy atom. The van der Waals surface area contributed by atoms with Gasteiger partial charge in [-0.2, -0.15) is 5.10 Å². The zero-order valence-electron chi connectivity index (χ0n) is 15.7. The Morgan fingerprint density at radius 2 is 2.00 bits per heavy atom. The minimum absolute atomic E-state index is 0.0409. The maximum absolute atomic E-state index is 13.1. The summed E-state index contributed by atoms with van der Waals surface area (Å²) in [7, 11) is 1.34. The van der Waals surface area contributed by atoms with Gasteiger partial charge < -0.3 is 14.2 Å². The average molecular weight is 359 g/mol.